The Balaban J connectivity index is 2.68. The maximum atomic E-state index is 5.46. The van der Waals surface area contributed by atoms with Gasteiger partial charge in [-0.3, -0.25) is 0 Å². The first-order chi connectivity index (χ1) is 8.99. The highest BCUT2D eigenvalue weighted by Gasteiger charge is 2.26. The van der Waals surface area contributed by atoms with Crippen LogP contribution in [0.4, 0.5) is 0 Å². The van der Waals surface area contributed by atoms with Gasteiger partial charge in [-0.1, -0.05) is 51.1 Å². The summed E-state index contributed by atoms with van der Waals surface area (Å²) in [5, 5.41) is 5.88. The molecule has 0 bridgehead atoms. The molecular weight excluding hydrogens is 234 g/mol. The summed E-state index contributed by atoms with van der Waals surface area (Å²) in [6.07, 6.45) is 0. The second-order valence-electron chi connectivity index (χ2n) is 5.99. The number of ether oxygens (including phenoxy) is 1. The number of hydrogen-bond acceptors (Lipinski definition) is 2. The van der Waals surface area contributed by atoms with Gasteiger partial charge in [0, 0.05) is 11.4 Å². The molecule has 0 aliphatic carbocycles. The second-order valence-corrected chi connectivity index (χ2v) is 5.99. The van der Waals surface area contributed by atoms with Gasteiger partial charge in [0.2, 0.25) is 0 Å². The lowest BCUT2D eigenvalue weighted by Crippen LogP contribution is -2.29. The van der Waals surface area contributed by atoms with E-state index in [4.69, 9.17) is 4.74 Å². The highest BCUT2D eigenvalue weighted by Crippen LogP contribution is 2.38. The molecule has 0 fully saturated rings. The zero-order valence-electron chi connectivity index (χ0n) is 12.4. The van der Waals surface area contributed by atoms with E-state index in [0.29, 0.717) is 6.04 Å². The zero-order chi connectivity index (χ0) is 14.0. The first kappa shape index (κ1) is 13.9. The maximum absolute atomic E-state index is 5.46. The van der Waals surface area contributed by atoms with Crippen molar-refractivity contribution < 1.29 is 4.74 Å². The standard InChI is InChI=1S/C17H23NO/c1-17(2,3)16(18-4)14-10-11-15(19-5)13-9-7-6-8-12(13)14/h6-11,16,18H,1-5H3. The molecule has 1 atom stereocenters. The summed E-state index contributed by atoms with van der Waals surface area (Å²) in [5.41, 5.74) is 1.48. The fraction of sp³-hybridized carbons (Fsp3) is 0.412. The minimum absolute atomic E-state index is 0.159. The molecule has 1 N–H and O–H groups in total. The van der Waals surface area contributed by atoms with E-state index in [2.05, 4.69) is 62.5 Å². The number of methoxy groups -OCH3 is 1. The molecule has 0 amide bonds. The Hall–Kier alpha value is -1.54. The lowest BCUT2D eigenvalue weighted by molar-refractivity contribution is 0.288. The van der Waals surface area contributed by atoms with E-state index in [1.165, 1.54) is 16.3 Å². The molecule has 102 valence electrons. The van der Waals surface area contributed by atoms with Crippen LogP contribution >= 0.6 is 0 Å². The zero-order valence-corrected chi connectivity index (χ0v) is 12.4. The average Bonchev–Trinajstić information content (AvgIpc) is 2.38. The van der Waals surface area contributed by atoms with Crippen LogP contribution in [-0.2, 0) is 0 Å². The summed E-state index contributed by atoms with van der Waals surface area (Å²) in [5.74, 6) is 0.933. The van der Waals surface area contributed by atoms with E-state index in [9.17, 15) is 0 Å². The third-order valence-electron chi connectivity index (χ3n) is 3.60. The van der Waals surface area contributed by atoms with Crippen molar-refractivity contribution in [3.05, 3.63) is 42.0 Å². The van der Waals surface area contributed by atoms with Crippen molar-refractivity contribution in [3.63, 3.8) is 0 Å². The average molecular weight is 257 g/mol. The van der Waals surface area contributed by atoms with E-state index < -0.39 is 0 Å². The quantitative estimate of drug-likeness (QED) is 0.891. The van der Waals surface area contributed by atoms with Crippen molar-refractivity contribution in [2.24, 2.45) is 5.41 Å². The van der Waals surface area contributed by atoms with Crippen molar-refractivity contribution >= 4 is 10.8 Å². The van der Waals surface area contributed by atoms with E-state index in [1.807, 2.05) is 7.05 Å². The molecule has 19 heavy (non-hydrogen) atoms. The molecule has 2 aromatic carbocycles. The van der Waals surface area contributed by atoms with Crippen LogP contribution in [0.25, 0.3) is 10.8 Å². The van der Waals surface area contributed by atoms with Gasteiger partial charge >= 0.3 is 0 Å². The monoisotopic (exact) mass is 257 g/mol. The van der Waals surface area contributed by atoms with E-state index in [1.54, 1.807) is 7.11 Å². The van der Waals surface area contributed by atoms with Crippen LogP contribution < -0.4 is 10.1 Å². The molecule has 0 spiro atoms. The van der Waals surface area contributed by atoms with Crippen LogP contribution in [0.1, 0.15) is 32.4 Å². The van der Waals surface area contributed by atoms with Crippen LogP contribution in [0.15, 0.2) is 36.4 Å². The molecule has 0 saturated carbocycles. The summed E-state index contributed by atoms with van der Waals surface area (Å²) in [6, 6.07) is 13.0. The normalized spacial score (nSPS) is 13.5. The van der Waals surface area contributed by atoms with E-state index in [0.717, 1.165) is 5.75 Å². The van der Waals surface area contributed by atoms with Crippen LogP contribution in [0, 0.1) is 5.41 Å². The van der Waals surface area contributed by atoms with E-state index in [-0.39, 0.29) is 5.41 Å². The molecule has 0 heterocycles. The highest BCUT2D eigenvalue weighted by molar-refractivity contribution is 5.91. The van der Waals surface area contributed by atoms with Gasteiger partial charge in [-0.2, -0.15) is 0 Å². The second kappa shape index (κ2) is 5.22. The van der Waals surface area contributed by atoms with Crippen molar-refractivity contribution in [2.45, 2.75) is 26.8 Å². The predicted octanol–water partition coefficient (Wildman–Crippen LogP) is 4.16. The first-order valence-electron chi connectivity index (χ1n) is 6.72. The molecule has 0 aliphatic rings. The summed E-state index contributed by atoms with van der Waals surface area (Å²) in [6.45, 7) is 6.77. The fourth-order valence-corrected chi connectivity index (χ4v) is 2.78. The van der Waals surface area contributed by atoms with E-state index >= 15 is 0 Å². The smallest absolute Gasteiger partial charge is 0.126 e. The van der Waals surface area contributed by atoms with Crippen LogP contribution in [0.5, 0.6) is 5.75 Å². The predicted molar refractivity (Wildman–Crippen MR) is 81.8 cm³/mol. The van der Waals surface area contributed by atoms with Crippen molar-refractivity contribution in [2.75, 3.05) is 14.2 Å². The Bertz CT molecular complexity index is 569. The molecule has 2 aromatic rings. The summed E-state index contributed by atoms with van der Waals surface area (Å²) < 4.78 is 5.46. The molecule has 0 radical (unpaired) electrons. The minimum Gasteiger partial charge on any atom is -0.496 e. The minimum atomic E-state index is 0.159. The van der Waals surface area contributed by atoms with Crippen molar-refractivity contribution in [1.82, 2.24) is 5.32 Å². The molecule has 0 aliphatic heterocycles. The number of nitrogens with one attached hydrogen (secondary N) is 1. The lowest BCUT2D eigenvalue weighted by atomic mass is 9.80. The summed E-state index contributed by atoms with van der Waals surface area (Å²) in [7, 11) is 3.75. The van der Waals surface area contributed by atoms with Crippen LogP contribution in [0.3, 0.4) is 0 Å². The van der Waals surface area contributed by atoms with Gasteiger partial charge in [0.25, 0.3) is 0 Å². The third-order valence-corrected chi connectivity index (χ3v) is 3.60. The highest BCUT2D eigenvalue weighted by atomic mass is 16.5. The Kier molecular flexibility index (Phi) is 3.81. The van der Waals surface area contributed by atoms with Gasteiger partial charge < -0.3 is 10.1 Å². The Labute approximate surface area is 115 Å². The Morgan fingerprint density at radius 1 is 1.00 bits per heavy atom. The molecule has 2 rings (SSSR count). The summed E-state index contributed by atoms with van der Waals surface area (Å²) >= 11 is 0. The summed E-state index contributed by atoms with van der Waals surface area (Å²) in [4.78, 5) is 0. The Morgan fingerprint density at radius 2 is 1.63 bits per heavy atom. The topological polar surface area (TPSA) is 21.3 Å². The fourth-order valence-electron chi connectivity index (χ4n) is 2.78. The SMILES string of the molecule is CNC(c1ccc(OC)c2ccccc12)C(C)(C)C. The number of rotatable bonds is 3. The first-order valence-corrected chi connectivity index (χ1v) is 6.72. The molecule has 2 nitrogen and oxygen atoms in total. The largest absolute Gasteiger partial charge is 0.496 e. The lowest BCUT2D eigenvalue weighted by Gasteiger charge is -2.32. The Morgan fingerprint density at radius 3 is 2.16 bits per heavy atom. The molecule has 0 saturated heterocycles. The molecular formula is C17H23NO. The van der Waals surface area contributed by atoms with Gasteiger partial charge in [0.1, 0.15) is 5.75 Å². The maximum Gasteiger partial charge on any atom is 0.126 e. The van der Waals surface area contributed by atoms with Gasteiger partial charge in [-0.25, -0.2) is 0 Å². The van der Waals surface area contributed by atoms with Crippen molar-refractivity contribution in [1.29, 1.82) is 0 Å². The van der Waals surface area contributed by atoms with Crippen LogP contribution in [0.2, 0.25) is 0 Å². The van der Waals surface area contributed by atoms with Gasteiger partial charge in [-0.15, -0.1) is 0 Å². The van der Waals surface area contributed by atoms with Gasteiger partial charge in [0.05, 0.1) is 7.11 Å². The van der Waals surface area contributed by atoms with Crippen molar-refractivity contribution in [3.8, 4) is 5.75 Å². The van der Waals surface area contributed by atoms with Gasteiger partial charge in [0.15, 0.2) is 0 Å². The van der Waals surface area contributed by atoms with Gasteiger partial charge in [-0.05, 0) is 29.5 Å². The molecule has 1 unspecified atom stereocenters. The van der Waals surface area contributed by atoms with Crippen LogP contribution in [-0.4, -0.2) is 14.2 Å². The molecule has 2 heteroatoms. The number of fused-ring (bicyclic) bond motifs is 1. The molecule has 0 aromatic heterocycles. The number of hydrogen-bond donors (Lipinski definition) is 1. The number of benzene rings is 2. The third kappa shape index (κ3) is 2.59.